The van der Waals surface area contributed by atoms with Crippen molar-refractivity contribution in [3.63, 3.8) is 0 Å². The lowest BCUT2D eigenvalue weighted by molar-refractivity contribution is 0.278. The van der Waals surface area contributed by atoms with Gasteiger partial charge in [0.25, 0.3) is 10.0 Å². The van der Waals surface area contributed by atoms with Gasteiger partial charge in [0.05, 0.1) is 18.6 Å². The van der Waals surface area contributed by atoms with E-state index in [4.69, 9.17) is 4.74 Å². The Morgan fingerprint density at radius 3 is 2.67 bits per heavy atom. The number of ether oxygens (including phenoxy) is 1. The first-order valence-electron chi connectivity index (χ1n) is 6.07. The minimum atomic E-state index is -3.89. The van der Waals surface area contributed by atoms with Crippen LogP contribution in [0.4, 0.5) is 5.95 Å². The summed E-state index contributed by atoms with van der Waals surface area (Å²) in [5.74, 6) is 0.176. The summed E-state index contributed by atoms with van der Waals surface area (Å²) in [6, 6.07) is 7.74. The van der Waals surface area contributed by atoms with Crippen LogP contribution in [0.25, 0.3) is 0 Å². The number of nitrogens with zero attached hydrogens (tertiary/aromatic N) is 2. The summed E-state index contributed by atoms with van der Waals surface area (Å²) in [5.41, 5.74) is 0.861. The van der Waals surface area contributed by atoms with E-state index in [-0.39, 0.29) is 23.3 Å². The van der Waals surface area contributed by atoms with E-state index in [0.29, 0.717) is 11.3 Å². The van der Waals surface area contributed by atoms with Gasteiger partial charge in [-0.15, -0.1) is 0 Å². The molecule has 0 amide bonds. The third kappa shape index (κ3) is 3.47. The highest BCUT2D eigenvalue weighted by Gasteiger charge is 2.19. The van der Waals surface area contributed by atoms with Crippen LogP contribution in [0.2, 0.25) is 0 Å². The lowest BCUT2D eigenvalue weighted by atomic mass is 10.2. The summed E-state index contributed by atoms with van der Waals surface area (Å²) in [4.78, 5) is 7.92. The van der Waals surface area contributed by atoms with E-state index >= 15 is 0 Å². The van der Waals surface area contributed by atoms with Gasteiger partial charge in [-0.05, 0) is 18.6 Å². The highest BCUT2D eigenvalue weighted by atomic mass is 32.2. The third-order valence-corrected chi connectivity index (χ3v) is 4.13. The second-order valence-electron chi connectivity index (χ2n) is 4.25. The molecule has 8 heteroatoms. The minimum Gasteiger partial charge on any atom is -0.481 e. The molecule has 2 N–H and O–H groups in total. The monoisotopic (exact) mass is 309 g/mol. The molecule has 7 nitrogen and oxygen atoms in total. The second kappa shape index (κ2) is 6.06. The van der Waals surface area contributed by atoms with Crippen molar-refractivity contribution >= 4 is 16.0 Å². The standard InChI is InChI=1S/C13H15N3O4S/c1-9-7-12(20-2)15-13(14-9)16-21(18,19)11-6-4-3-5-10(11)8-17/h3-7,17H,8H2,1-2H3,(H,14,15,16). The molecule has 0 aliphatic heterocycles. The number of aliphatic hydroxyl groups is 1. The average Bonchev–Trinajstić information content (AvgIpc) is 2.46. The predicted octanol–water partition coefficient (Wildman–Crippen LogP) is 1.09. The van der Waals surface area contributed by atoms with Crippen LogP contribution < -0.4 is 9.46 Å². The van der Waals surface area contributed by atoms with Crippen LogP contribution in [0.1, 0.15) is 11.3 Å². The third-order valence-electron chi connectivity index (χ3n) is 2.70. The molecule has 0 unspecified atom stereocenters. The predicted molar refractivity (Wildman–Crippen MR) is 76.5 cm³/mol. The summed E-state index contributed by atoms with van der Waals surface area (Å²) >= 11 is 0. The van der Waals surface area contributed by atoms with Gasteiger partial charge in [0.15, 0.2) is 0 Å². The fraction of sp³-hybridized carbons (Fsp3) is 0.231. The quantitative estimate of drug-likeness (QED) is 0.857. The maximum atomic E-state index is 12.3. The lowest BCUT2D eigenvalue weighted by Crippen LogP contribution is -2.17. The summed E-state index contributed by atoms with van der Waals surface area (Å²) in [6.07, 6.45) is 0. The van der Waals surface area contributed by atoms with E-state index < -0.39 is 10.0 Å². The summed E-state index contributed by atoms with van der Waals surface area (Å²) in [6.45, 7) is 1.32. The molecular weight excluding hydrogens is 294 g/mol. The number of hydrogen-bond acceptors (Lipinski definition) is 6. The SMILES string of the molecule is COc1cc(C)nc(NS(=O)(=O)c2ccccc2CO)n1. The van der Waals surface area contributed by atoms with Crippen LogP contribution in [-0.2, 0) is 16.6 Å². The van der Waals surface area contributed by atoms with Gasteiger partial charge < -0.3 is 9.84 Å². The normalized spacial score (nSPS) is 11.2. The molecule has 0 atom stereocenters. The topological polar surface area (TPSA) is 101 Å². The molecule has 0 aliphatic rings. The van der Waals surface area contributed by atoms with E-state index in [9.17, 15) is 13.5 Å². The first-order chi connectivity index (χ1) is 9.96. The molecule has 0 saturated heterocycles. The zero-order valence-corrected chi connectivity index (χ0v) is 12.4. The lowest BCUT2D eigenvalue weighted by Gasteiger charge is -2.11. The Kier molecular flexibility index (Phi) is 4.39. The van der Waals surface area contributed by atoms with Crippen LogP contribution >= 0.6 is 0 Å². The Morgan fingerprint density at radius 1 is 1.29 bits per heavy atom. The maximum absolute atomic E-state index is 12.3. The van der Waals surface area contributed by atoms with Crippen molar-refractivity contribution in [1.82, 2.24) is 9.97 Å². The average molecular weight is 309 g/mol. The molecule has 0 radical (unpaired) electrons. The van der Waals surface area contributed by atoms with Gasteiger partial charge in [-0.3, -0.25) is 0 Å². The Balaban J connectivity index is 2.40. The number of aryl methyl sites for hydroxylation is 1. The zero-order valence-electron chi connectivity index (χ0n) is 11.6. The van der Waals surface area contributed by atoms with Crippen LogP contribution in [-0.4, -0.2) is 30.6 Å². The van der Waals surface area contributed by atoms with Gasteiger partial charge in [-0.25, -0.2) is 18.1 Å². The van der Waals surface area contributed by atoms with Gasteiger partial charge in [-0.2, -0.15) is 4.98 Å². The molecule has 0 fully saturated rings. The largest absolute Gasteiger partial charge is 0.481 e. The molecular formula is C13H15N3O4S. The number of rotatable bonds is 5. The number of aliphatic hydroxyl groups excluding tert-OH is 1. The number of nitrogens with one attached hydrogen (secondary N) is 1. The van der Waals surface area contributed by atoms with Crippen molar-refractivity contribution in [2.45, 2.75) is 18.4 Å². The van der Waals surface area contributed by atoms with Crippen LogP contribution in [0.3, 0.4) is 0 Å². The molecule has 1 heterocycles. The molecule has 112 valence electrons. The summed E-state index contributed by atoms with van der Waals surface area (Å²) < 4.78 is 32.0. The van der Waals surface area contributed by atoms with Crippen molar-refractivity contribution in [3.05, 3.63) is 41.6 Å². The van der Waals surface area contributed by atoms with Gasteiger partial charge in [0.2, 0.25) is 11.8 Å². The van der Waals surface area contributed by atoms with Gasteiger partial charge in [0.1, 0.15) is 0 Å². The van der Waals surface area contributed by atoms with Crippen LogP contribution in [0, 0.1) is 6.92 Å². The van der Waals surface area contributed by atoms with Crippen molar-refractivity contribution < 1.29 is 18.3 Å². The van der Waals surface area contributed by atoms with Crippen molar-refractivity contribution in [1.29, 1.82) is 0 Å². The minimum absolute atomic E-state index is 0.0171. The van der Waals surface area contributed by atoms with Crippen molar-refractivity contribution in [2.24, 2.45) is 0 Å². The van der Waals surface area contributed by atoms with Gasteiger partial charge in [0, 0.05) is 11.8 Å². The Hall–Kier alpha value is -2.19. The number of methoxy groups -OCH3 is 1. The highest BCUT2D eigenvalue weighted by molar-refractivity contribution is 7.92. The smallest absolute Gasteiger partial charge is 0.264 e. The summed E-state index contributed by atoms with van der Waals surface area (Å²) in [7, 11) is -2.46. The molecule has 0 saturated carbocycles. The van der Waals surface area contributed by atoms with E-state index in [1.54, 1.807) is 25.1 Å². The van der Waals surface area contributed by atoms with Crippen LogP contribution in [0.5, 0.6) is 5.88 Å². The van der Waals surface area contributed by atoms with E-state index in [1.165, 1.54) is 19.2 Å². The number of hydrogen-bond donors (Lipinski definition) is 2. The first-order valence-corrected chi connectivity index (χ1v) is 7.56. The fourth-order valence-corrected chi connectivity index (χ4v) is 2.94. The molecule has 2 rings (SSSR count). The number of anilines is 1. The number of aromatic nitrogens is 2. The molecule has 1 aromatic carbocycles. The Labute approximate surface area is 122 Å². The fourth-order valence-electron chi connectivity index (χ4n) is 1.76. The Morgan fingerprint density at radius 2 is 2.00 bits per heavy atom. The zero-order chi connectivity index (χ0) is 15.5. The number of benzene rings is 1. The highest BCUT2D eigenvalue weighted by Crippen LogP contribution is 2.19. The van der Waals surface area contributed by atoms with Crippen LogP contribution in [0.15, 0.2) is 35.2 Å². The molecule has 2 aromatic rings. The second-order valence-corrected chi connectivity index (χ2v) is 5.90. The van der Waals surface area contributed by atoms with Crippen molar-refractivity contribution in [2.75, 3.05) is 11.8 Å². The molecule has 1 aromatic heterocycles. The van der Waals surface area contributed by atoms with Gasteiger partial charge >= 0.3 is 0 Å². The summed E-state index contributed by atoms with van der Waals surface area (Å²) in [5, 5.41) is 9.23. The Bertz CT molecular complexity index is 747. The van der Waals surface area contributed by atoms with Gasteiger partial charge in [-0.1, -0.05) is 18.2 Å². The van der Waals surface area contributed by atoms with E-state index in [0.717, 1.165) is 0 Å². The van der Waals surface area contributed by atoms with E-state index in [1.807, 2.05) is 0 Å². The molecule has 0 spiro atoms. The van der Waals surface area contributed by atoms with Crippen molar-refractivity contribution in [3.8, 4) is 5.88 Å². The van der Waals surface area contributed by atoms with E-state index in [2.05, 4.69) is 14.7 Å². The first kappa shape index (κ1) is 15.2. The maximum Gasteiger partial charge on any atom is 0.264 e. The molecule has 21 heavy (non-hydrogen) atoms. The molecule has 0 bridgehead atoms. The molecule has 0 aliphatic carbocycles. The number of sulfonamides is 1.